The predicted octanol–water partition coefficient (Wildman–Crippen LogP) is 4.08. The highest BCUT2D eigenvalue weighted by atomic mass is 16.5. The van der Waals surface area contributed by atoms with Crippen molar-refractivity contribution in [2.45, 2.75) is 33.9 Å². The number of ether oxygens (including phenoxy) is 2. The van der Waals surface area contributed by atoms with E-state index in [9.17, 15) is 0 Å². The molecule has 3 nitrogen and oxygen atoms in total. The monoisotopic (exact) mass is 299 g/mol. The third-order valence-corrected chi connectivity index (χ3v) is 3.54. The van der Waals surface area contributed by atoms with Crippen LogP contribution >= 0.6 is 0 Å². The highest BCUT2D eigenvalue weighted by molar-refractivity contribution is 5.41. The van der Waals surface area contributed by atoms with E-state index in [0.29, 0.717) is 13.2 Å². The first-order chi connectivity index (χ1) is 10.7. The molecule has 0 spiro atoms. The van der Waals surface area contributed by atoms with Gasteiger partial charge in [-0.3, -0.25) is 0 Å². The minimum absolute atomic E-state index is 0.653. The molecule has 0 aromatic heterocycles. The van der Waals surface area contributed by atoms with E-state index in [-0.39, 0.29) is 0 Å². The third-order valence-electron chi connectivity index (χ3n) is 3.54. The molecule has 0 aliphatic rings. The molecule has 0 atom stereocenters. The lowest BCUT2D eigenvalue weighted by atomic mass is 10.1. The zero-order valence-electron chi connectivity index (χ0n) is 13.7. The summed E-state index contributed by atoms with van der Waals surface area (Å²) >= 11 is 0. The second-order valence-electron chi connectivity index (χ2n) is 5.17. The highest BCUT2D eigenvalue weighted by Crippen LogP contribution is 2.25. The number of hydrogen-bond acceptors (Lipinski definition) is 3. The van der Waals surface area contributed by atoms with Crippen LogP contribution in [0.4, 0.5) is 0 Å². The lowest BCUT2D eigenvalue weighted by Crippen LogP contribution is -2.14. The number of nitrogens with one attached hydrogen (secondary N) is 1. The van der Waals surface area contributed by atoms with E-state index in [1.807, 2.05) is 26.0 Å². The van der Waals surface area contributed by atoms with Crippen LogP contribution in [0.2, 0.25) is 0 Å². The summed E-state index contributed by atoms with van der Waals surface area (Å²) in [6, 6.07) is 14.5. The average molecular weight is 299 g/mol. The normalized spacial score (nSPS) is 10.5. The van der Waals surface area contributed by atoms with Crippen molar-refractivity contribution < 1.29 is 9.47 Å². The van der Waals surface area contributed by atoms with Crippen molar-refractivity contribution in [2.24, 2.45) is 0 Å². The van der Waals surface area contributed by atoms with Crippen molar-refractivity contribution in [1.82, 2.24) is 5.32 Å². The molecule has 22 heavy (non-hydrogen) atoms. The van der Waals surface area contributed by atoms with Crippen molar-refractivity contribution in [3.8, 4) is 11.5 Å². The molecular formula is C19H25NO2. The van der Waals surface area contributed by atoms with Gasteiger partial charge in [-0.05, 0) is 38.0 Å². The van der Waals surface area contributed by atoms with Gasteiger partial charge in [-0.1, -0.05) is 30.3 Å². The SMILES string of the molecule is CCOc1ccc(CNCc2ccccc2C)c(OCC)c1. The molecule has 0 aliphatic carbocycles. The van der Waals surface area contributed by atoms with Gasteiger partial charge in [-0.25, -0.2) is 0 Å². The Balaban J connectivity index is 2.01. The van der Waals surface area contributed by atoms with Gasteiger partial charge >= 0.3 is 0 Å². The Hall–Kier alpha value is -2.00. The van der Waals surface area contributed by atoms with Crippen LogP contribution in [0.25, 0.3) is 0 Å². The lowest BCUT2D eigenvalue weighted by Gasteiger charge is -2.14. The maximum Gasteiger partial charge on any atom is 0.127 e. The van der Waals surface area contributed by atoms with E-state index in [2.05, 4.69) is 42.6 Å². The van der Waals surface area contributed by atoms with Gasteiger partial charge in [0.05, 0.1) is 13.2 Å². The molecule has 0 aliphatic heterocycles. The van der Waals surface area contributed by atoms with Gasteiger partial charge in [-0.15, -0.1) is 0 Å². The van der Waals surface area contributed by atoms with Gasteiger partial charge in [0.25, 0.3) is 0 Å². The van der Waals surface area contributed by atoms with Crippen molar-refractivity contribution >= 4 is 0 Å². The van der Waals surface area contributed by atoms with Gasteiger partial charge in [-0.2, -0.15) is 0 Å². The van der Waals surface area contributed by atoms with E-state index in [1.54, 1.807) is 0 Å². The van der Waals surface area contributed by atoms with Crippen LogP contribution in [0.3, 0.4) is 0 Å². The molecule has 0 radical (unpaired) electrons. The summed E-state index contributed by atoms with van der Waals surface area (Å²) in [5, 5.41) is 3.49. The average Bonchev–Trinajstić information content (AvgIpc) is 2.52. The Morgan fingerprint density at radius 1 is 0.864 bits per heavy atom. The van der Waals surface area contributed by atoms with Gasteiger partial charge in [0.1, 0.15) is 11.5 Å². The lowest BCUT2D eigenvalue weighted by molar-refractivity contribution is 0.320. The van der Waals surface area contributed by atoms with Crippen molar-refractivity contribution in [3.05, 3.63) is 59.2 Å². The molecule has 0 saturated carbocycles. The van der Waals surface area contributed by atoms with Crippen LogP contribution < -0.4 is 14.8 Å². The van der Waals surface area contributed by atoms with Gasteiger partial charge < -0.3 is 14.8 Å². The van der Waals surface area contributed by atoms with Crippen LogP contribution in [-0.4, -0.2) is 13.2 Å². The zero-order valence-corrected chi connectivity index (χ0v) is 13.7. The first kappa shape index (κ1) is 16.4. The molecule has 2 aromatic carbocycles. The number of benzene rings is 2. The van der Waals surface area contributed by atoms with Gasteiger partial charge in [0.15, 0.2) is 0 Å². The first-order valence-electron chi connectivity index (χ1n) is 7.88. The number of aryl methyl sites for hydroxylation is 1. The fourth-order valence-corrected chi connectivity index (χ4v) is 2.37. The smallest absolute Gasteiger partial charge is 0.127 e. The maximum absolute atomic E-state index is 5.73. The van der Waals surface area contributed by atoms with Crippen molar-refractivity contribution in [2.75, 3.05) is 13.2 Å². The molecule has 2 rings (SSSR count). The summed E-state index contributed by atoms with van der Waals surface area (Å²) in [5.41, 5.74) is 3.79. The van der Waals surface area contributed by atoms with E-state index < -0.39 is 0 Å². The van der Waals surface area contributed by atoms with Crippen molar-refractivity contribution in [1.29, 1.82) is 0 Å². The predicted molar refractivity (Wildman–Crippen MR) is 90.5 cm³/mol. The van der Waals surface area contributed by atoms with Crippen LogP contribution in [0.5, 0.6) is 11.5 Å². The zero-order chi connectivity index (χ0) is 15.8. The maximum atomic E-state index is 5.73. The Morgan fingerprint density at radius 2 is 1.59 bits per heavy atom. The molecular weight excluding hydrogens is 274 g/mol. The van der Waals surface area contributed by atoms with Crippen molar-refractivity contribution in [3.63, 3.8) is 0 Å². The van der Waals surface area contributed by atoms with Crippen LogP contribution in [0.1, 0.15) is 30.5 Å². The molecule has 0 saturated heterocycles. The molecule has 3 heteroatoms. The molecule has 0 bridgehead atoms. The third kappa shape index (κ3) is 4.50. The summed E-state index contributed by atoms with van der Waals surface area (Å²) in [6.07, 6.45) is 0. The second kappa shape index (κ2) is 8.44. The summed E-state index contributed by atoms with van der Waals surface area (Å²) in [7, 11) is 0. The fourth-order valence-electron chi connectivity index (χ4n) is 2.37. The topological polar surface area (TPSA) is 30.5 Å². The van der Waals surface area contributed by atoms with Crippen LogP contribution in [-0.2, 0) is 13.1 Å². The van der Waals surface area contributed by atoms with Gasteiger partial charge in [0.2, 0.25) is 0 Å². The molecule has 0 fully saturated rings. The Morgan fingerprint density at radius 3 is 2.32 bits per heavy atom. The van der Waals surface area contributed by atoms with Crippen LogP contribution in [0.15, 0.2) is 42.5 Å². The standard InChI is InChI=1S/C19H25NO2/c1-4-21-18-11-10-17(19(12-18)22-5-2)14-20-13-16-9-7-6-8-15(16)3/h6-12,20H,4-5,13-14H2,1-3H3. The molecule has 0 amide bonds. The fraction of sp³-hybridized carbons (Fsp3) is 0.368. The summed E-state index contributed by atoms with van der Waals surface area (Å²) in [4.78, 5) is 0. The Labute approximate surface area is 133 Å². The first-order valence-corrected chi connectivity index (χ1v) is 7.88. The Kier molecular flexibility index (Phi) is 6.28. The molecule has 118 valence electrons. The van der Waals surface area contributed by atoms with E-state index >= 15 is 0 Å². The molecule has 1 N–H and O–H groups in total. The van der Waals surface area contributed by atoms with Crippen LogP contribution in [0, 0.1) is 6.92 Å². The Bertz CT molecular complexity index is 596. The van der Waals surface area contributed by atoms with E-state index in [1.165, 1.54) is 11.1 Å². The molecule has 0 heterocycles. The number of hydrogen-bond donors (Lipinski definition) is 1. The quantitative estimate of drug-likeness (QED) is 0.796. The minimum atomic E-state index is 0.653. The molecule has 0 unspecified atom stereocenters. The van der Waals surface area contributed by atoms with E-state index in [4.69, 9.17) is 9.47 Å². The minimum Gasteiger partial charge on any atom is -0.494 e. The van der Waals surface area contributed by atoms with E-state index in [0.717, 1.165) is 30.2 Å². The second-order valence-corrected chi connectivity index (χ2v) is 5.17. The van der Waals surface area contributed by atoms with Gasteiger partial charge in [0, 0.05) is 24.7 Å². The summed E-state index contributed by atoms with van der Waals surface area (Å²) < 4.78 is 11.3. The molecule has 2 aromatic rings. The largest absolute Gasteiger partial charge is 0.494 e. The summed E-state index contributed by atoms with van der Waals surface area (Å²) in [6.45, 7) is 9.06. The highest BCUT2D eigenvalue weighted by Gasteiger charge is 2.06. The summed E-state index contributed by atoms with van der Waals surface area (Å²) in [5.74, 6) is 1.75. The number of rotatable bonds is 8.